The van der Waals surface area contributed by atoms with E-state index >= 15 is 0 Å². The Morgan fingerprint density at radius 2 is 2.16 bits per heavy atom. The van der Waals surface area contributed by atoms with Gasteiger partial charge in [0.2, 0.25) is 5.91 Å². The molecule has 1 heterocycles. The highest BCUT2D eigenvalue weighted by atomic mass is 35.5. The molecule has 0 aliphatic carbocycles. The fraction of sp³-hybridized carbons (Fsp3) is 0.385. The van der Waals surface area contributed by atoms with Gasteiger partial charge in [-0.05, 0) is 38.5 Å². The number of amides is 3. The van der Waals surface area contributed by atoms with Crippen molar-refractivity contribution in [2.24, 2.45) is 0 Å². The first kappa shape index (κ1) is 13.7. The number of carbonyl (C=O) groups excluding carboxylic acids is 2. The Balaban J connectivity index is 2.13. The molecule has 102 valence electrons. The van der Waals surface area contributed by atoms with Crippen LogP contribution in [0.4, 0.5) is 10.5 Å². The van der Waals surface area contributed by atoms with Gasteiger partial charge in [-0.3, -0.25) is 9.69 Å². The molecule has 1 fully saturated rings. The summed E-state index contributed by atoms with van der Waals surface area (Å²) in [5.41, 5.74) is 0.865. The van der Waals surface area contributed by atoms with Gasteiger partial charge in [0.05, 0.1) is 0 Å². The van der Waals surface area contributed by atoms with Crippen LogP contribution < -0.4 is 10.6 Å². The molecule has 1 aromatic carbocycles. The van der Waals surface area contributed by atoms with Gasteiger partial charge in [0.15, 0.2) is 0 Å². The fourth-order valence-corrected chi connectivity index (χ4v) is 2.16. The number of benzene rings is 1. The molecule has 0 unspecified atom stereocenters. The number of urea groups is 1. The molecule has 0 radical (unpaired) electrons. The molecule has 0 atom stereocenters. The largest absolute Gasteiger partial charge is 0.332 e. The first-order chi connectivity index (χ1) is 8.79. The molecule has 1 saturated heterocycles. The van der Waals surface area contributed by atoms with Gasteiger partial charge in [-0.1, -0.05) is 17.7 Å². The summed E-state index contributed by atoms with van der Waals surface area (Å²) in [6, 6.07) is 4.96. The van der Waals surface area contributed by atoms with E-state index in [9.17, 15) is 9.59 Å². The quantitative estimate of drug-likeness (QED) is 0.830. The lowest BCUT2D eigenvalue weighted by Crippen LogP contribution is -2.50. The van der Waals surface area contributed by atoms with Gasteiger partial charge in [0, 0.05) is 10.7 Å². The monoisotopic (exact) mass is 281 g/mol. The van der Waals surface area contributed by atoms with Crippen molar-refractivity contribution in [3.63, 3.8) is 0 Å². The van der Waals surface area contributed by atoms with Crippen LogP contribution in [0.1, 0.15) is 19.4 Å². The molecule has 6 heteroatoms. The van der Waals surface area contributed by atoms with Crippen molar-refractivity contribution < 1.29 is 9.59 Å². The number of carbonyl (C=O) groups is 2. The number of hydrogen-bond acceptors (Lipinski definition) is 2. The average molecular weight is 282 g/mol. The Bertz CT molecular complexity index is 543. The zero-order chi connectivity index (χ0) is 14.2. The predicted octanol–water partition coefficient (Wildman–Crippen LogP) is 2.35. The van der Waals surface area contributed by atoms with Crippen molar-refractivity contribution in [1.82, 2.24) is 10.2 Å². The Morgan fingerprint density at radius 3 is 2.68 bits per heavy atom. The van der Waals surface area contributed by atoms with Crippen molar-refractivity contribution in [3.05, 3.63) is 28.8 Å². The maximum absolute atomic E-state index is 12.2. The zero-order valence-electron chi connectivity index (χ0n) is 11.1. The summed E-state index contributed by atoms with van der Waals surface area (Å²) in [5, 5.41) is 6.06. The molecule has 19 heavy (non-hydrogen) atoms. The molecular weight excluding hydrogens is 266 g/mol. The molecule has 2 rings (SSSR count). The highest BCUT2D eigenvalue weighted by molar-refractivity contribution is 6.31. The van der Waals surface area contributed by atoms with Crippen LogP contribution in [-0.4, -0.2) is 29.0 Å². The average Bonchev–Trinajstić information content (AvgIpc) is 2.57. The minimum absolute atomic E-state index is 0.0540. The summed E-state index contributed by atoms with van der Waals surface area (Å²) in [6.07, 6.45) is 0. The zero-order valence-corrected chi connectivity index (χ0v) is 11.8. The van der Waals surface area contributed by atoms with Gasteiger partial charge in [0.1, 0.15) is 12.2 Å². The topological polar surface area (TPSA) is 61.4 Å². The van der Waals surface area contributed by atoms with Crippen LogP contribution in [0, 0.1) is 6.92 Å². The molecule has 0 saturated carbocycles. The third kappa shape index (κ3) is 2.81. The van der Waals surface area contributed by atoms with Gasteiger partial charge in [-0.15, -0.1) is 0 Å². The van der Waals surface area contributed by atoms with Gasteiger partial charge < -0.3 is 10.6 Å². The second-order valence-corrected chi connectivity index (χ2v) is 5.49. The summed E-state index contributed by atoms with van der Waals surface area (Å²) < 4.78 is 0. The lowest BCUT2D eigenvalue weighted by atomic mass is 10.2. The molecule has 1 aliphatic rings. The molecule has 0 bridgehead atoms. The van der Waals surface area contributed by atoms with Gasteiger partial charge >= 0.3 is 6.03 Å². The number of nitrogens with one attached hydrogen (secondary N) is 2. The van der Waals surface area contributed by atoms with Crippen molar-refractivity contribution in [2.45, 2.75) is 26.4 Å². The predicted molar refractivity (Wildman–Crippen MR) is 74.1 cm³/mol. The van der Waals surface area contributed by atoms with E-state index in [2.05, 4.69) is 10.6 Å². The molecule has 0 spiro atoms. The lowest BCUT2D eigenvalue weighted by molar-refractivity contribution is -0.118. The van der Waals surface area contributed by atoms with E-state index in [1.807, 2.05) is 13.0 Å². The minimum Gasteiger partial charge on any atom is -0.332 e. The van der Waals surface area contributed by atoms with Crippen molar-refractivity contribution in [2.75, 3.05) is 11.9 Å². The van der Waals surface area contributed by atoms with E-state index < -0.39 is 5.66 Å². The third-order valence-electron chi connectivity index (χ3n) is 3.09. The molecule has 3 amide bonds. The number of rotatable bonds is 1. The van der Waals surface area contributed by atoms with Crippen molar-refractivity contribution in [1.29, 1.82) is 0 Å². The molecule has 0 aromatic heterocycles. The Morgan fingerprint density at radius 1 is 1.47 bits per heavy atom. The molecule has 1 aliphatic heterocycles. The van der Waals surface area contributed by atoms with E-state index in [4.69, 9.17) is 11.6 Å². The van der Waals surface area contributed by atoms with E-state index in [1.54, 1.807) is 26.0 Å². The molecule has 5 nitrogen and oxygen atoms in total. The minimum atomic E-state index is -0.685. The van der Waals surface area contributed by atoms with Gasteiger partial charge in [-0.2, -0.15) is 0 Å². The number of aryl methyl sites for hydroxylation is 1. The molecule has 1 aromatic rings. The van der Waals surface area contributed by atoms with E-state index in [-0.39, 0.29) is 18.5 Å². The molecular formula is C13H16ClN3O2. The van der Waals surface area contributed by atoms with Crippen LogP contribution in [-0.2, 0) is 4.79 Å². The molecule has 2 N–H and O–H groups in total. The van der Waals surface area contributed by atoms with Gasteiger partial charge in [-0.25, -0.2) is 4.79 Å². The number of hydrogen-bond donors (Lipinski definition) is 2. The Kier molecular flexibility index (Phi) is 3.41. The third-order valence-corrected chi connectivity index (χ3v) is 3.50. The van der Waals surface area contributed by atoms with Crippen LogP contribution in [0.15, 0.2) is 18.2 Å². The van der Waals surface area contributed by atoms with E-state index in [0.717, 1.165) is 5.56 Å². The first-order valence-corrected chi connectivity index (χ1v) is 6.33. The summed E-state index contributed by atoms with van der Waals surface area (Å²) in [7, 11) is 0. The summed E-state index contributed by atoms with van der Waals surface area (Å²) >= 11 is 6.00. The number of nitrogens with zero attached hydrogens (tertiary/aromatic N) is 1. The SMILES string of the molecule is Cc1ccc(NC(=O)N2CC(=O)NC2(C)C)cc1Cl. The van der Waals surface area contributed by atoms with Crippen LogP contribution >= 0.6 is 11.6 Å². The first-order valence-electron chi connectivity index (χ1n) is 5.95. The Labute approximate surface area is 116 Å². The van der Waals surface area contributed by atoms with E-state index in [0.29, 0.717) is 10.7 Å². The van der Waals surface area contributed by atoms with Crippen molar-refractivity contribution in [3.8, 4) is 0 Å². The summed E-state index contributed by atoms with van der Waals surface area (Å²) in [4.78, 5) is 25.0. The second kappa shape index (κ2) is 4.74. The normalized spacial score (nSPS) is 17.3. The number of anilines is 1. The van der Waals surface area contributed by atoms with Crippen LogP contribution in [0.5, 0.6) is 0 Å². The second-order valence-electron chi connectivity index (χ2n) is 5.09. The van der Waals surface area contributed by atoms with Crippen molar-refractivity contribution >= 4 is 29.2 Å². The van der Waals surface area contributed by atoms with Crippen LogP contribution in [0.3, 0.4) is 0 Å². The van der Waals surface area contributed by atoms with Gasteiger partial charge in [0.25, 0.3) is 0 Å². The highest BCUT2D eigenvalue weighted by Crippen LogP contribution is 2.22. The van der Waals surface area contributed by atoms with Crippen LogP contribution in [0.25, 0.3) is 0 Å². The summed E-state index contributed by atoms with van der Waals surface area (Å²) in [5.74, 6) is -0.165. The standard InChI is InChI=1S/C13H16ClN3O2/c1-8-4-5-9(6-10(8)14)15-12(19)17-7-11(18)16-13(17,2)3/h4-6H,7H2,1-3H3,(H,15,19)(H,16,18). The smallest absolute Gasteiger partial charge is 0.324 e. The summed E-state index contributed by atoms with van der Waals surface area (Å²) in [6.45, 7) is 5.50. The van der Waals surface area contributed by atoms with Crippen LogP contribution in [0.2, 0.25) is 5.02 Å². The Hall–Kier alpha value is -1.75. The fourth-order valence-electron chi connectivity index (χ4n) is 1.98. The number of halogens is 1. The maximum Gasteiger partial charge on any atom is 0.324 e. The van der Waals surface area contributed by atoms with E-state index in [1.165, 1.54) is 4.90 Å². The lowest BCUT2D eigenvalue weighted by Gasteiger charge is -2.30. The maximum atomic E-state index is 12.2. The highest BCUT2D eigenvalue weighted by Gasteiger charge is 2.39.